The van der Waals surface area contributed by atoms with Gasteiger partial charge in [0.05, 0.1) is 11.1 Å². The molecule has 0 radical (unpaired) electrons. The summed E-state index contributed by atoms with van der Waals surface area (Å²) in [4.78, 5) is 22.7. The molecule has 0 aliphatic carbocycles. The van der Waals surface area contributed by atoms with Crippen LogP contribution in [0.1, 0.15) is 20.7 Å². The Morgan fingerprint density at radius 1 is 1.00 bits per heavy atom. The first kappa shape index (κ1) is 12.6. The molecule has 0 aliphatic rings. The van der Waals surface area contributed by atoms with Gasteiger partial charge in [-0.15, -0.1) is 0 Å². The quantitative estimate of drug-likeness (QED) is 0.499. The molecule has 5 heteroatoms. The number of esters is 1. The zero-order chi connectivity index (χ0) is 13.8. The van der Waals surface area contributed by atoms with Crippen LogP contribution in [0.4, 0.5) is 5.69 Å². The van der Waals surface area contributed by atoms with Crippen molar-refractivity contribution in [3.63, 3.8) is 0 Å². The lowest BCUT2D eigenvalue weighted by atomic mass is 10.1. The molecule has 3 N–H and O–H groups in total. The molecule has 2 aromatic carbocycles. The molecule has 0 unspecified atom stereocenters. The SMILES string of the molecule is Nc1cccc(OC(=O)c2cccc(C(=O)O)c2)c1. The number of rotatable bonds is 3. The molecule has 0 saturated heterocycles. The van der Waals surface area contributed by atoms with Crippen LogP contribution in [0.25, 0.3) is 0 Å². The van der Waals surface area contributed by atoms with E-state index in [1.165, 1.54) is 30.3 Å². The fourth-order valence-corrected chi connectivity index (χ4v) is 1.52. The Bertz CT molecular complexity index is 637. The summed E-state index contributed by atoms with van der Waals surface area (Å²) in [5, 5.41) is 8.85. The summed E-state index contributed by atoms with van der Waals surface area (Å²) < 4.78 is 5.10. The number of hydrogen-bond acceptors (Lipinski definition) is 4. The number of nitrogen functional groups attached to an aromatic ring is 1. The van der Waals surface area contributed by atoms with Crippen molar-refractivity contribution in [1.29, 1.82) is 0 Å². The van der Waals surface area contributed by atoms with Gasteiger partial charge >= 0.3 is 11.9 Å². The number of hydrogen-bond donors (Lipinski definition) is 2. The monoisotopic (exact) mass is 257 g/mol. The van der Waals surface area contributed by atoms with Gasteiger partial charge in [0.1, 0.15) is 5.75 Å². The Morgan fingerprint density at radius 2 is 1.68 bits per heavy atom. The Morgan fingerprint density at radius 3 is 2.37 bits per heavy atom. The van der Waals surface area contributed by atoms with Crippen LogP contribution in [-0.4, -0.2) is 17.0 Å². The van der Waals surface area contributed by atoms with Gasteiger partial charge in [0.15, 0.2) is 0 Å². The number of carboxylic acid groups (broad SMARTS) is 1. The largest absolute Gasteiger partial charge is 0.478 e. The molecule has 2 aromatic rings. The van der Waals surface area contributed by atoms with Crippen molar-refractivity contribution in [3.05, 3.63) is 59.7 Å². The van der Waals surface area contributed by atoms with Gasteiger partial charge in [-0.25, -0.2) is 9.59 Å². The minimum absolute atomic E-state index is 0.0297. The van der Waals surface area contributed by atoms with Crippen molar-refractivity contribution in [1.82, 2.24) is 0 Å². The van der Waals surface area contributed by atoms with Crippen LogP contribution in [0.3, 0.4) is 0 Å². The first-order chi connectivity index (χ1) is 9.06. The third-order valence-corrected chi connectivity index (χ3v) is 2.41. The molecule has 0 heterocycles. The van der Waals surface area contributed by atoms with E-state index in [-0.39, 0.29) is 11.1 Å². The zero-order valence-corrected chi connectivity index (χ0v) is 9.87. The molecule has 2 rings (SSSR count). The van der Waals surface area contributed by atoms with Crippen LogP contribution in [0.5, 0.6) is 5.75 Å². The van der Waals surface area contributed by atoms with E-state index in [4.69, 9.17) is 15.6 Å². The molecule has 0 amide bonds. The van der Waals surface area contributed by atoms with E-state index in [0.717, 1.165) is 0 Å². The molecule has 0 bridgehead atoms. The number of carbonyl (C=O) groups is 2. The zero-order valence-electron chi connectivity index (χ0n) is 9.87. The van der Waals surface area contributed by atoms with Gasteiger partial charge in [-0.05, 0) is 30.3 Å². The van der Waals surface area contributed by atoms with Crippen LogP contribution in [-0.2, 0) is 0 Å². The van der Waals surface area contributed by atoms with Crippen molar-refractivity contribution in [2.24, 2.45) is 0 Å². The smallest absolute Gasteiger partial charge is 0.343 e. The maximum Gasteiger partial charge on any atom is 0.343 e. The van der Waals surface area contributed by atoms with E-state index in [0.29, 0.717) is 11.4 Å². The lowest BCUT2D eigenvalue weighted by Crippen LogP contribution is -2.10. The van der Waals surface area contributed by atoms with Gasteiger partial charge in [0.25, 0.3) is 0 Å². The van der Waals surface area contributed by atoms with E-state index in [1.807, 2.05) is 0 Å². The number of nitrogens with two attached hydrogens (primary N) is 1. The fourth-order valence-electron chi connectivity index (χ4n) is 1.52. The van der Waals surface area contributed by atoms with Crippen LogP contribution in [0.2, 0.25) is 0 Å². The molecular weight excluding hydrogens is 246 g/mol. The Labute approximate surface area is 109 Å². The normalized spacial score (nSPS) is 9.89. The van der Waals surface area contributed by atoms with Crippen molar-refractivity contribution in [2.45, 2.75) is 0 Å². The molecule has 0 fully saturated rings. The van der Waals surface area contributed by atoms with Gasteiger partial charge in [-0.3, -0.25) is 0 Å². The molecule has 96 valence electrons. The van der Waals surface area contributed by atoms with E-state index >= 15 is 0 Å². The van der Waals surface area contributed by atoms with Gasteiger partial charge in [0, 0.05) is 11.8 Å². The lowest BCUT2D eigenvalue weighted by molar-refractivity contribution is 0.0697. The van der Waals surface area contributed by atoms with Crippen LogP contribution in [0, 0.1) is 0 Å². The highest BCUT2D eigenvalue weighted by Crippen LogP contribution is 2.16. The summed E-state index contributed by atoms with van der Waals surface area (Å²) >= 11 is 0. The summed E-state index contributed by atoms with van der Waals surface area (Å²) in [5.74, 6) is -1.42. The number of ether oxygens (including phenoxy) is 1. The van der Waals surface area contributed by atoms with Crippen molar-refractivity contribution < 1.29 is 19.4 Å². The van der Waals surface area contributed by atoms with Crippen LogP contribution in [0.15, 0.2) is 48.5 Å². The van der Waals surface area contributed by atoms with Gasteiger partial charge in [0.2, 0.25) is 0 Å². The second-order valence-electron chi connectivity index (χ2n) is 3.85. The van der Waals surface area contributed by atoms with Crippen LogP contribution < -0.4 is 10.5 Å². The molecule has 0 saturated carbocycles. The predicted octanol–water partition coefficient (Wildman–Crippen LogP) is 2.19. The van der Waals surface area contributed by atoms with E-state index in [9.17, 15) is 9.59 Å². The Kier molecular flexibility index (Phi) is 3.47. The second-order valence-corrected chi connectivity index (χ2v) is 3.85. The average molecular weight is 257 g/mol. The number of anilines is 1. The number of benzene rings is 2. The minimum Gasteiger partial charge on any atom is -0.478 e. The highest BCUT2D eigenvalue weighted by molar-refractivity contribution is 5.95. The second kappa shape index (κ2) is 5.22. The number of aromatic carboxylic acids is 1. The molecule has 5 nitrogen and oxygen atoms in total. The molecule has 0 aliphatic heterocycles. The maximum absolute atomic E-state index is 11.8. The maximum atomic E-state index is 11.8. The van der Waals surface area contributed by atoms with Crippen LogP contribution >= 0.6 is 0 Å². The molecular formula is C14H11NO4. The highest BCUT2D eigenvalue weighted by Gasteiger charge is 2.11. The Hall–Kier alpha value is -2.82. The Balaban J connectivity index is 2.20. The summed E-state index contributed by atoms with van der Waals surface area (Å²) in [5.41, 5.74) is 6.24. The lowest BCUT2D eigenvalue weighted by Gasteiger charge is -2.05. The highest BCUT2D eigenvalue weighted by atomic mass is 16.5. The third kappa shape index (κ3) is 3.10. The van der Waals surface area contributed by atoms with Crippen molar-refractivity contribution in [3.8, 4) is 5.75 Å². The van der Waals surface area contributed by atoms with E-state index in [2.05, 4.69) is 0 Å². The van der Waals surface area contributed by atoms with Crippen molar-refractivity contribution in [2.75, 3.05) is 5.73 Å². The molecule has 0 spiro atoms. The molecule has 19 heavy (non-hydrogen) atoms. The summed E-state index contributed by atoms with van der Waals surface area (Å²) in [7, 11) is 0. The predicted molar refractivity (Wildman–Crippen MR) is 69.2 cm³/mol. The standard InChI is InChI=1S/C14H11NO4/c15-11-5-2-6-12(8-11)19-14(18)10-4-1-3-9(7-10)13(16)17/h1-8H,15H2,(H,16,17). The van der Waals surface area contributed by atoms with Gasteiger partial charge < -0.3 is 15.6 Å². The summed E-state index contributed by atoms with van der Waals surface area (Å²) in [6.07, 6.45) is 0. The van der Waals surface area contributed by atoms with E-state index in [1.54, 1.807) is 18.2 Å². The average Bonchev–Trinajstić information content (AvgIpc) is 2.39. The first-order valence-electron chi connectivity index (χ1n) is 5.47. The molecule has 0 atom stereocenters. The first-order valence-corrected chi connectivity index (χ1v) is 5.47. The van der Waals surface area contributed by atoms with E-state index < -0.39 is 11.9 Å². The fraction of sp³-hybridized carbons (Fsp3) is 0. The summed E-state index contributed by atoms with van der Waals surface area (Å²) in [6, 6.07) is 12.1. The summed E-state index contributed by atoms with van der Waals surface area (Å²) in [6.45, 7) is 0. The number of carboxylic acids is 1. The molecule has 0 aromatic heterocycles. The van der Waals surface area contributed by atoms with Gasteiger partial charge in [-0.2, -0.15) is 0 Å². The van der Waals surface area contributed by atoms with Gasteiger partial charge in [-0.1, -0.05) is 12.1 Å². The third-order valence-electron chi connectivity index (χ3n) is 2.41. The minimum atomic E-state index is -1.10. The van der Waals surface area contributed by atoms with Crippen molar-refractivity contribution >= 4 is 17.6 Å². The number of carbonyl (C=O) groups excluding carboxylic acids is 1. The topological polar surface area (TPSA) is 89.6 Å².